The van der Waals surface area contributed by atoms with E-state index in [4.69, 9.17) is 5.73 Å². The summed E-state index contributed by atoms with van der Waals surface area (Å²) in [5.41, 5.74) is 10.2. The molecule has 0 bridgehead atoms. The quantitative estimate of drug-likeness (QED) is 0.871. The Morgan fingerprint density at radius 1 is 1.10 bits per heavy atom. The number of aromatic nitrogens is 2. The van der Waals surface area contributed by atoms with E-state index in [2.05, 4.69) is 33.1 Å². The normalized spacial score (nSPS) is 16.4. The third-order valence-electron chi connectivity index (χ3n) is 4.12. The van der Waals surface area contributed by atoms with Crippen LogP contribution in [0.15, 0.2) is 30.3 Å². The minimum Gasteiger partial charge on any atom is -0.399 e. The standard InChI is InChI=1S/C16H23N5/c1-13-11-16(19(2)18-13)12-20-7-9-21(10-8-20)15-5-3-14(17)4-6-15/h3-6,11H,7-10,12,17H2,1-2H3. The van der Waals surface area contributed by atoms with E-state index >= 15 is 0 Å². The minimum absolute atomic E-state index is 0.823. The molecule has 1 fully saturated rings. The molecule has 2 heterocycles. The molecule has 5 nitrogen and oxygen atoms in total. The molecule has 2 aromatic rings. The van der Waals surface area contributed by atoms with Gasteiger partial charge in [-0.3, -0.25) is 9.58 Å². The van der Waals surface area contributed by atoms with Crippen LogP contribution in [0.2, 0.25) is 0 Å². The Bertz CT molecular complexity index is 594. The number of rotatable bonds is 3. The summed E-state index contributed by atoms with van der Waals surface area (Å²) in [5, 5.41) is 4.42. The molecule has 0 atom stereocenters. The Hall–Kier alpha value is -2.01. The van der Waals surface area contributed by atoms with Gasteiger partial charge in [0, 0.05) is 51.1 Å². The van der Waals surface area contributed by atoms with Gasteiger partial charge in [-0.25, -0.2) is 0 Å². The van der Waals surface area contributed by atoms with Crippen molar-refractivity contribution >= 4 is 11.4 Å². The SMILES string of the molecule is Cc1cc(CN2CCN(c3ccc(N)cc3)CC2)n(C)n1. The second kappa shape index (κ2) is 5.77. The Morgan fingerprint density at radius 2 is 1.76 bits per heavy atom. The lowest BCUT2D eigenvalue weighted by Gasteiger charge is -2.36. The first-order chi connectivity index (χ1) is 10.1. The molecular weight excluding hydrogens is 262 g/mol. The van der Waals surface area contributed by atoms with Crippen LogP contribution >= 0.6 is 0 Å². The van der Waals surface area contributed by atoms with E-state index < -0.39 is 0 Å². The number of hydrogen-bond acceptors (Lipinski definition) is 4. The van der Waals surface area contributed by atoms with Crippen LogP contribution in [0, 0.1) is 6.92 Å². The molecule has 3 rings (SSSR count). The topological polar surface area (TPSA) is 50.3 Å². The zero-order valence-electron chi connectivity index (χ0n) is 12.8. The molecule has 0 amide bonds. The predicted molar refractivity (Wildman–Crippen MR) is 86.3 cm³/mol. The molecule has 1 saturated heterocycles. The smallest absolute Gasteiger partial charge is 0.0597 e. The Balaban J connectivity index is 1.57. The van der Waals surface area contributed by atoms with Gasteiger partial charge in [0.25, 0.3) is 0 Å². The molecule has 1 aromatic carbocycles. The number of anilines is 2. The lowest BCUT2D eigenvalue weighted by molar-refractivity contribution is 0.244. The van der Waals surface area contributed by atoms with Gasteiger partial charge in [0.15, 0.2) is 0 Å². The molecule has 1 aliphatic heterocycles. The average Bonchev–Trinajstić information content (AvgIpc) is 2.79. The van der Waals surface area contributed by atoms with Gasteiger partial charge in [-0.2, -0.15) is 5.10 Å². The number of benzene rings is 1. The van der Waals surface area contributed by atoms with Crippen molar-refractivity contribution in [3.63, 3.8) is 0 Å². The van der Waals surface area contributed by atoms with Crippen molar-refractivity contribution in [2.45, 2.75) is 13.5 Å². The fourth-order valence-corrected chi connectivity index (χ4v) is 2.89. The summed E-state index contributed by atoms with van der Waals surface area (Å²) in [7, 11) is 2.02. The van der Waals surface area contributed by atoms with Gasteiger partial charge < -0.3 is 10.6 Å². The van der Waals surface area contributed by atoms with Gasteiger partial charge in [-0.05, 0) is 37.3 Å². The third kappa shape index (κ3) is 3.19. The van der Waals surface area contributed by atoms with Crippen molar-refractivity contribution in [2.75, 3.05) is 36.8 Å². The Morgan fingerprint density at radius 3 is 2.33 bits per heavy atom. The molecule has 21 heavy (non-hydrogen) atoms. The maximum absolute atomic E-state index is 5.75. The van der Waals surface area contributed by atoms with Crippen LogP contribution in [0.4, 0.5) is 11.4 Å². The second-order valence-electron chi connectivity index (χ2n) is 5.76. The highest BCUT2D eigenvalue weighted by atomic mass is 15.3. The van der Waals surface area contributed by atoms with Crippen molar-refractivity contribution in [1.29, 1.82) is 0 Å². The van der Waals surface area contributed by atoms with E-state index in [9.17, 15) is 0 Å². The van der Waals surface area contributed by atoms with Crippen LogP contribution in [-0.4, -0.2) is 40.9 Å². The number of nitrogens with two attached hydrogens (primary N) is 1. The highest BCUT2D eigenvalue weighted by Gasteiger charge is 2.18. The van der Waals surface area contributed by atoms with Crippen LogP contribution in [0.5, 0.6) is 0 Å². The first-order valence-electron chi connectivity index (χ1n) is 7.44. The van der Waals surface area contributed by atoms with E-state index in [1.165, 1.54) is 11.4 Å². The number of nitrogen functional groups attached to an aromatic ring is 1. The number of hydrogen-bond donors (Lipinski definition) is 1. The number of nitrogens with zero attached hydrogens (tertiary/aromatic N) is 4. The lowest BCUT2D eigenvalue weighted by Crippen LogP contribution is -2.46. The van der Waals surface area contributed by atoms with Crippen molar-refractivity contribution < 1.29 is 0 Å². The van der Waals surface area contributed by atoms with E-state index in [0.29, 0.717) is 0 Å². The molecule has 2 N–H and O–H groups in total. The Labute approximate surface area is 126 Å². The van der Waals surface area contributed by atoms with Gasteiger partial charge in [0.05, 0.1) is 11.4 Å². The summed E-state index contributed by atoms with van der Waals surface area (Å²) < 4.78 is 1.99. The number of piperazine rings is 1. The Kier molecular flexibility index (Phi) is 3.84. The van der Waals surface area contributed by atoms with Gasteiger partial charge in [0.2, 0.25) is 0 Å². The molecule has 0 saturated carbocycles. The molecule has 1 aromatic heterocycles. The summed E-state index contributed by atoms with van der Waals surface area (Å²) in [5.74, 6) is 0. The van der Waals surface area contributed by atoms with Gasteiger partial charge in [-0.1, -0.05) is 0 Å². The minimum atomic E-state index is 0.823. The molecule has 0 radical (unpaired) electrons. The van der Waals surface area contributed by atoms with E-state index in [1.807, 2.05) is 30.8 Å². The largest absolute Gasteiger partial charge is 0.399 e. The maximum Gasteiger partial charge on any atom is 0.0597 e. The van der Waals surface area contributed by atoms with Crippen molar-refractivity contribution in [2.24, 2.45) is 7.05 Å². The van der Waals surface area contributed by atoms with Crippen LogP contribution < -0.4 is 10.6 Å². The third-order valence-corrected chi connectivity index (χ3v) is 4.12. The highest BCUT2D eigenvalue weighted by molar-refractivity contribution is 5.53. The number of aryl methyl sites for hydroxylation is 2. The van der Waals surface area contributed by atoms with Crippen LogP contribution in [0.25, 0.3) is 0 Å². The second-order valence-corrected chi connectivity index (χ2v) is 5.76. The van der Waals surface area contributed by atoms with Crippen molar-refractivity contribution in [1.82, 2.24) is 14.7 Å². The fraction of sp³-hybridized carbons (Fsp3) is 0.438. The van der Waals surface area contributed by atoms with Crippen LogP contribution in [-0.2, 0) is 13.6 Å². The molecule has 5 heteroatoms. The van der Waals surface area contributed by atoms with Crippen LogP contribution in [0.1, 0.15) is 11.4 Å². The molecule has 0 unspecified atom stereocenters. The average molecular weight is 285 g/mol. The van der Waals surface area contributed by atoms with E-state index in [-0.39, 0.29) is 0 Å². The first kappa shape index (κ1) is 13.9. The van der Waals surface area contributed by atoms with Gasteiger partial charge in [-0.15, -0.1) is 0 Å². The maximum atomic E-state index is 5.75. The molecular formula is C16H23N5. The van der Waals surface area contributed by atoms with Crippen molar-refractivity contribution in [3.8, 4) is 0 Å². The van der Waals surface area contributed by atoms with Gasteiger partial charge in [0.1, 0.15) is 0 Å². The van der Waals surface area contributed by atoms with E-state index in [0.717, 1.165) is 44.1 Å². The molecule has 0 aliphatic carbocycles. The van der Waals surface area contributed by atoms with Gasteiger partial charge >= 0.3 is 0 Å². The summed E-state index contributed by atoms with van der Waals surface area (Å²) in [6.45, 7) is 7.29. The zero-order valence-corrected chi connectivity index (χ0v) is 12.8. The summed E-state index contributed by atoms with van der Waals surface area (Å²) in [6.07, 6.45) is 0. The monoisotopic (exact) mass is 285 g/mol. The predicted octanol–water partition coefficient (Wildman–Crippen LogP) is 1.63. The molecule has 112 valence electrons. The lowest BCUT2D eigenvalue weighted by atomic mass is 10.2. The van der Waals surface area contributed by atoms with Crippen molar-refractivity contribution in [3.05, 3.63) is 41.7 Å². The first-order valence-corrected chi connectivity index (χ1v) is 7.44. The summed E-state index contributed by atoms with van der Waals surface area (Å²) in [4.78, 5) is 4.91. The highest BCUT2D eigenvalue weighted by Crippen LogP contribution is 2.19. The summed E-state index contributed by atoms with van der Waals surface area (Å²) >= 11 is 0. The summed E-state index contributed by atoms with van der Waals surface area (Å²) in [6, 6.07) is 10.3. The fourth-order valence-electron chi connectivity index (χ4n) is 2.89. The van der Waals surface area contributed by atoms with Crippen LogP contribution in [0.3, 0.4) is 0 Å². The molecule has 1 aliphatic rings. The molecule has 0 spiro atoms. The van der Waals surface area contributed by atoms with E-state index in [1.54, 1.807) is 0 Å². The zero-order chi connectivity index (χ0) is 14.8.